The Morgan fingerprint density at radius 2 is 1.79 bits per heavy atom. The number of anilines is 1. The number of amides is 1. The predicted molar refractivity (Wildman–Crippen MR) is 133 cm³/mol. The highest BCUT2D eigenvalue weighted by molar-refractivity contribution is 7.99. The standard InChI is InChI=1S/C26H30FN5OS/c1-18(31-14-3-2-4-15-31)25-29-30-26(32(25)23-12-9-21(27)10-13-23)34-17-24(33)28-22-11-8-19-6-5-7-20(19)16-22/h8-13,16,18H,2-7,14-15,17H2,1H3,(H,28,33)/t18-/m1/s1. The first kappa shape index (κ1) is 23.1. The Morgan fingerprint density at radius 3 is 2.59 bits per heavy atom. The molecule has 0 radical (unpaired) electrons. The van der Waals surface area contributed by atoms with Crippen molar-refractivity contribution >= 4 is 23.4 Å². The van der Waals surface area contributed by atoms with Gasteiger partial charge in [0.2, 0.25) is 5.91 Å². The molecule has 1 aliphatic heterocycles. The average molecular weight is 480 g/mol. The van der Waals surface area contributed by atoms with Crippen LogP contribution >= 0.6 is 11.8 Å². The van der Waals surface area contributed by atoms with Crippen LogP contribution in [0.3, 0.4) is 0 Å². The van der Waals surface area contributed by atoms with Crippen LogP contribution < -0.4 is 5.32 Å². The van der Waals surface area contributed by atoms with Gasteiger partial charge in [-0.15, -0.1) is 10.2 Å². The Labute approximate surface area is 203 Å². The van der Waals surface area contributed by atoms with Crippen molar-refractivity contribution in [3.8, 4) is 5.69 Å². The number of fused-ring (bicyclic) bond motifs is 1. The highest BCUT2D eigenvalue weighted by Crippen LogP contribution is 2.30. The van der Waals surface area contributed by atoms with Gasteiger partial charge in [0.25, 0.3) is 0 Å². The average Bonchev–Trinajstić information content (AvgIpc) is 3.50. The van der Waals surface area contributed by atoms with Crippen LogP contribution in [0.5, 0.6) is 0 Å². The summed E-state index contributed by atoms with van der Waals surface area (Å²) >= 11 is 1.35. The molecule has 1 amide bonds. The maximum absolute atomic E-state index is 13.6. The second-order valence-electron chi connectivity index (χ2n) is 9.10. The van der Waals surface area contributed by atoms with Crippen molar-refractivity contribution in [3.05, 3.63) is 65.2 Å². The second kappa shape index (κ2) is 10.3. The van der Waals surface area contributed by atoms with E-state index in [9.17, 15) is 9.18 Å². The van der Waals surface area contributed by atoms with E-state index in [0.29, 0.717) is 5.16 Å². The van der Waals surface area contributed by atoms with Crippen molar-refractivity contribution in [2.75, 3.05) is 24.2 Å². The summed E-state index contributed by atoms with van der Waals surface area (Å²) in [7, 11) is 0. The van der Waals surface area contributed by atoms with Gasteiger partial charge in [-0.05, 0) is 99.6 Å². The smallest absolute Gasteiger partial charge is 0.234 e. The normalized spacial score (nSPS) is 16.9. The Balaban J connectivity index is 1.33. The molecule has 1 saturated heterocycles. The summed E-state index contributed by atoms with van der Waals surface area (Å²) in [6.07, 6.45) is 7.00. The largest absolute Gasteiger partial charge is 0.325 e. The molecule has 1 fully saturated rings. The number of thioether (sulfide) groups is 1. The molecule has 178 valence electrons. The number of likely N-dealkylation sites (tertiary alicyclic amines) is 1. The first-order chi connectivity index (χ1) is 16.6. The van der Waals surface area contributed by atoms with Crippen LogP contribution in [0.4, 0.5) is 10.1 Å². The number of aromatic nitrogens is 3. The van der Waals surface area contributed by atoms with Gasteiger partial charge in [0, 0.05) is 11.4 Å². The molecular weight excluding hydrogens is 449 g/mol. The summed E-state index contributed by atoms with van der Waals surface area (Å²) in [5.74, 6) is 0.664. The van der Waals surface area contributed by atoms with Gasteiger partial charge in [0.05, 0.1) is 11.8 Å². The molecule has 8 heteroatoms. The minimum Gasteiger partial charge on any atom is -0.325 e. The van der Waals surface area contributed by atoms with Crippen LogP contribution in [-0.4, -0.2) is 44.4 Å². The highest BCUT2D eigenvalue weighted by atomic mass is 32.2. The van der Waals surface area contributed by atoms with Crippen LogP contribution in [0.25, 0.3) is 5.69 Å². The Bertz CT molecular complexity index is 1160. The molecule has 1 atom stereocenters. The molecular formula is C26H30FN5OS. The fourth-order valence-corrected chi connectivity index (χ4v) is 5.68. The van der Waals surface area contributed by atoms with Crippen molar-refractivity contribution in [3.63, 3.8) is 0 Å². The molecule has 3 aromatic rings. The van der Waals surface area contributed by atoms with E-state index in [0.717, 1.165) is 43.1 Å². The summed E-state index contributed by atoms with van der Waals surface area (Å²) in [6.45, 7) is 4.20. The second-order valence-corrected chi connectivity index (χ2v) is 10.0. The van der Waals surface area contributed by atoms with E-state index >= 15 is 0 Å². The lowest BCUT2D eigenvalue weighted by Crippen LogP contribution is -2.33. The zero-order valence-corrected chi connectivity index (χ0v) is 20.3. The lowest BCUT2D eigenvalue weighted by molar-refractivity contribution is -0.113. The summed E-state index contributed by atoms with van der Waals surface area (Å²) in [5, 5.41) is 12.6. The van der Waals surface area contributed by atoms with Crippen LogP contribution in [-0.2, 0) is 17.6 Å². The number of aryl methyl sites for hydroxylation is 2. The molecule has 0 spiro atoms. The van der Waals surface area contributed by atoms with Crippen molar-refractivity contribution in [2.24, 2.45) is 0 Å². The monoisotopic (exact) mass is 479 g/mol. The van der Waals surface area contributed by atoms with Crippen molar-refractivity contribution in [1.82, 2.24) is 19.7 Å². The van der Waals surface area contributed by atoms with Crippen LogP contribution in [0.1, 0.15) is 55.6 Å². The van der Waals surface area contributed by atoms with Gasteiger partial charge in [-0.3, -0.25) is 14.3 Å². The predicted octanol–water partition coefficient (Wildman–Crippen LogP) is 5.17. The van der Waals surface area contributed by atoms with E-state index in [-0.39, 0.29) is 23.5 Å². The molecule has 2 aliphatic rings. The van der Waals surface area contributed by atoms with Crippen molar-refractivity contribution in [1.29, 1.82) is 0 Å². The summed E-state index contributed by atoms with van der Waals surface area (Å²) < 4.78 is 15.6. The fourth-order valence-electron chi connectivity index (χ4n) is 4.92. The molecule has 2 aromatic carbocycles. The first-order valence-electron chi connectivity index (χ1n) is 12.1. The minimum atomic E-state index is -0.287. The first-order valence-corrected chi connectivity index (χ1v) is 13.1. The summed E-state index contributed by atoms with van der Waals surface area (Å²) in [5.41, 5.74) is 4.35. The molecule has 5 rings (SSSR count). The van der Waals surface area contributed by atoms with E-state index in [1.807, 2.05) is 10.6 Å². The van der Waals surface area contributed by atoms with Crippen LogP contribution in [0.15, 0.2) is 47.6 Å². The van der Waals surface area contributed by atoms with E-state index in [1.54, 1.807) is 12.1 Å². The molecule has 1 aliphatic carbocycles. The van der Waals surface area contributed by atoms with Crippen molar-refractivity contribution < 1.29 is 9.18 Å². The van der Waals surface area contributed by atoms with Gasteiger partial charge in [-0.1, -0.05) is 24.2 Å². The molecule has 0 unspecified atom stereocenters. The van der Waals surface area contributed by atoms with Crippen LogP contribution in [0.2, 0.25) is 0 Å². The number of nitrogens with zero attached hydrogens (tertiary/aromatic N) is 4. The zero-order chi connectivity index (χ0) is 23.5. The van der Waals surface area contributed by atoms with Crippen molar-refractivity contribution in [2.45, 2.75) is 56.6 Å². The zero-order valence-electron chi connectivity index (χ0n) is 19.5. The molecule has 34 heavy (non-hydrogen) atoms. The molecule has 1 N–H and O–H groups in total. The number of halogens is 1. The summed E-state index contributed by atoms with van der Waals surface area (Å²) in [6, 6.07) is 12.6. The third-order valence-electron chi connectivity index (χ3n) is 6.77. The highest BCUT2D eigenvalue weighted by Gasteiger charge is 2.26. The van der Waals surface area contributed by atoms with Gasteiger partial charge in [0.1, 0.15) is 5.82 Å². The fraction of sp³-hybridized carbons (Fsp3) is 0.423. The van der Waals surface area contributed by atoms with Crippen LogP contribution in [0, 0.1) is 5.82 Å². The molecule has 0 saturated carbocycles. The number of rotatable bonds is 7. The lowest BCUT2D eigenvalue weighted by atomic mass is 10.1. The molecule has 1 aromatic heterocycles. The van der Waals surface area contributed by atoms with Gasteiger partial charge < -0.3 is 5.32 Å². The van der Waals surface area contributed by atoms with Gasteiger partial charge in [-0.25, -0.2) is 4.39 Å². The number of carbonyl (C=O) groups is 1. The topological polar surface area (TPSA) is 63.1 Å². The maximum Gasteiger partial charge on any atom is 0.234 e. The lowest BCUT2D eigenvalue weighted by Gasteiger charge is -2.31. The maximum atomic E-state index is 13.6. The number of benzene rings is 2. The van der Waals surface area contributed by atoms with Gasteiger partial charge >= 0.3 is 0 Å². The number of hydrogen-bond donors (Lipinski definition) is 1. The third-order valence-corrected chi connectivity index (χ3v) is 7.70. The number of carbonyl (C=O) groups excluding carboxylic acids is 1. The molecule has 2 heterocycles. The minimum absolute atomic E-state index is 0.0763. The molecule has 0 bridgehead atoms. The number of hydrogen-bond acceptors (Lipinski definition) is 5. The Kier molecular flexibility index (Phi) is 6.97. The third kappa shape index (κ3) is 5.03. The van der Waals surface area contributed by atoms with E-state index in [1.165, 1.54) is 60.7 Å². The number of piperidine rings is 1. The van der Waals surface area contributed by atoms with Gasteiger partial charge in [0.15, 0.2) is 11.0 Å². The summed E-state index contributed by atoms with van der Waals surface area (Å²) in [4.78, 5) is 15.1. The van der Waals surface area contributed by atoms with E-state index < -0.39 is 0 Å². The Hall–Kier alpha value is -2.71. The number of nitrogens with one attached hydrogen (secondary N) is 1. The molecule has 6 nitrogen and oxygen atoms in total. The SMILES string of the molecule is C[C@H](c1nnc(SCC(=O)Nc2ccc3c(c2)CCC3)n1-c1ccc(F)cc1)N1CCCCC1. The quantitative estimate of drug-likeness (QED) is 0.474. The van der Waals surface area contributed by atoms with E-state index in [2.05, 4.69) is 39.5 Å². The van der Waals surface area contributed by atoms with E-state index in [4.69, 9.17) is 0 Å². The Morgan fingerprint density at radius 1 is 1.03 bits per heavy atom. The van der Waals surface area contributed by atoms with Gasteiger partial charge in [-0.2, -0.15) is 0 Å².